The minimum Gasteiger partial charge on any atom is -0.379 e. The van der Waals surface area contributed by atoms with Crippen LogP contribution in [0.4, 0.5) is 0 Å². The molecule has 0 bridgehead atoms. The van der Waals surface area contributed by atoms with Crippen LogP contribution in [0.2, 0.25) is 0 Å². The second-order valence-corrected chi connectivity index (χ2v) is 9.85. The first-order valence-electron chi connectivity index (χ1n) is 10.5. The van der Waals surface area contributed by atoms with Crippen molar-refractivity contribution in [3.63, 3.8) is 0 Å². The third-order valence-electron chi connectivity index (χ3n) is 6.25. The van der Waals surface area contributed by atoms with Gasteiger partial charge in [-0.1, -0.05) is 54.4 Å². The molecular formula is C23H30N2O3S. The summed E-state index contributed by atoms with van der Waals surface area (Å²) in [5.41, 5.74) is 2.08. The van der Waals surface area contributed by atoms with E-state index in [1.807, 2.05) is 49.4 Å². The molecule has 1 N–H and O–H groups in total. The lowest BCUT2D eigenvalue weighted by molar-refractivity contribution is 0.00497. The van der Waals surface area contributed by atoms with Crippen molar-refractivity contribution in [3.8, 4) is 0 Å². The smallest absolute Gasteiger partial charge is 0.241 e. The van der Waals surface area contributed by atoms with Gasteiger partial charge in [0, 0.05) is 19.1 Å². The predicted molar refractivity (Wildman–Crippen MR) is 114 cm³/mol. The fourth-order valence-electron chi connectivity index (χ4n) is 4.74. The highest BCUT2D eigenvalue weighted by molar-refractivity contribution is 7.89. The number of hydrogen-bond donors (Lipinski definition) is 1. The normalized spacial score (nSPS) is 24.4. The van der Waals surface area contributed by atoms with Gasteiger partial charge in [-0.2, -0.15) is 0 Å². The Morgan fingerprint density at radius 2 is 1.69 bits per heavy atom. The third kappa shape index (κ3) is 4.72. The fraction of sp³-hybridized carbons (Fsp3) is 0.478. The summed E-state index contributed by atoms with van der Waals surface area (Å²) in [4.78, 5) is 2.82. The van der Waals surface area contributed by atoms with E-state index >= 15 is 0 Å². The van der Waals surface area contributed by atoms with Crippen molar-refractivity contribution < 1.29 is 13.2 Å². The molecule has 1 aliphatic heterocycles. The zero-order valence-corrected chi connectivity index (χ0v) is 17.8. The molecule has 0 aromatic heterocycles. The van der Waals surface area contributed by atoms with Gasteiger partial charge in [-0.15, -0.1) is 0 Å². The zero-order valence-electron chi connectivity index (χ0n) is 17.0. The highest BCUT2D eigenvalue weighted by Gasteiger charge is 2.40. The summed E-state index contributed by atoms with van der Waals surface area (Å²) >= 11 is 0. The molecule has 156 valence electrons. The van der Waals surface area contributed by atoms with Crippen molar-refractivity contribution in [2.45, 2.75) is 43.2 Å². The molecule has 5 nitrogen and oxygen atoms in total. The molecule has 4 rings (SSSR count). The highest BCUT2D eigenvalue weighted by atomic mass is 32.2. The molecule has 6 heteroatoms. The largest absolute Gasteiger partial charge is 0.379 e. The van der Waals surface area contributed by atoms with E-state index in [0.717, 1.165) is 56.7 Å². The van der Waals surface area contributed by atoms with E-state index in [9.17, 15) is 8.42 Å². The Morgan fingerprint density at radius 3 is 2.38 bits per heavy atom. The molecule has 0 amide bonds. The molecule has 1 heterocycles. The zero-order chi connectivity index (χ0) is 20.3. The van der Waals surface area contributed by atoms with Crippen molar-refractivity contribution in [1.82, 2.24) is 9.62 Å². The average Bonchev–Trinajstić information content (AvgIpc) is 3.23. The number of aryl methyl sites for hydroxylation is 1. The molecule has 0 spiro atoms. The van der Waals surface area contributed by atoms with Crippen LogP contribution in [0.15, 0.2) is 59.5 Å². The number of nitrogens with zero attached hydrogens (tertiary/aromatic N) is 1. The van der Waals surface area contributed by atoms with Gasteiger partial charge in [0.05, 0.1) is 24.2 Å². The third-order valence-corrected chi connectivity index (χ3v) is 7.70. The van der Waals surface area contributed by atoms with Crippen LogP contribution in [-0.2, 0) is 14.8 Å². The van der Waals surface area contributed by atoms with Gasteiger partial charge < -0.3 is 4.74 Å². The number of ether oxygens (including phenoxy) is 1. The summed E-state index contributed by atoms with van der Waals surface area (Å²) in [5, 5.41) is 0. The van der Waals surface area contributed by atoms with Crippen LogP contribution in [0.5, 0.6) is 0 Å². The van der Waals surface area contributed by atoms with Gasteiger partial charge in [-0.05, 0) is 43.4 Å². The molecule has 0 radical (unpaired) electrons. The van der Waals surface area contributed by atoms with Crippen molar-refractivity contribution >= 4 is 10.0 Å². The Labute approximate surface area is 174 Å². The number of nitrogens with one attached hydrogen (secondary N) is 1. The van der Waals surface area contributed by atoms with Crippen molar-refractivity contribution in [2.75, 3.05) is 26.3 Å². The minimum atomic E-state index is -3.61. The van der Waals surface area contributed by atoms with Crippen LogP contribution < -0.4 is 4.72 Å². The maximum atomic E-state index is 13.2. The maximum Gasteiger partial charge on any atom is 0.241 e. The van der Waals surface area contributed by atoms with Gasteiger partial charge >= 0.3 is 0 Å². The van der Waals surface area contributed by atoms with Crippen LogP contribution in [-0.4, -0.2) is 45.7 Å². The van der Waals surface area contributed by atoms with Gasteiger partial charge in [0.25, 0.3) is 0 Å². The Hall–Kier alpha value is -1.73. The lowest BCUT2D eigenvalue weighted by Gasteiger charge is -2.38. The summed E-state index contributed by atoms with van der Waals surface area (Å²) in [6.07, 6.45) is 3.26. The lowest BCUT2D eigenvalue weighted by Crippen LogP contribution is -2.48. The highest BCUT2D eigenvalue weighted by Crippen LogP contribution is 2.40. The number of benzene rings is 2. The van der Waals surface area contributed by atoms with Crippen LogP contribution in [0.1, 0.15) is 36.4 Å². The van der Waals surface area contributed by atoms with E-state index in [0.29, 0.717) is 10.9 Å². The molecule has 29 heavy (non-hydrogen) atoms. The van der Waals surface area contributed by atoms with Gasteiger partial charge in [-0.25, -0.2) is 13.1 Å². The number of sulfonamides is 1. The molecule has 2 fully saturated rings. The van der Waals surface area contributed by atoms with Crippen LogP contribution >= 0.6 is 0 Å². The molecule has 1 saturated carbocycles. The first-order chi connectivity index (χ1) is 14.0. The van der Waals surface area contributed by atoms with E-state index < -0.39 is 10.0 Å². The topological polar surface area (TPSA) is 58.6 Å². The molecule has 1 aliphatic carbocycles. The predicted octanol–water partition coefficient (Wildman–Crippen LogP) is 3.52. The Balaban J connectivity index is 1.64. The van der Waals surface area contributed by atoms with Crippen LogP contribution in [0.25, 0.3) is 0 Å². The first kappa shape index (κ1) is 20.5. The maximum absolute atomic E-state index is 13.2. The summed E-state index contributed by atoms with van der Waals surface area (Å²) in [7, 11) is -3.61. The second kappa shape index (κ2) is 8.96. The van der Waals surface area contributed by atoms with Crippen LogP contribution in [0.3, 0.4) is 0 Å². The number of hydrogen-bond acceptors (Lipinski definition) is 4. The van der Waals surface area contributed by atoms with E-state index in [4.69, 9.17) is 4.74 Å². The number of rotatable bonds is 6. The van der Waals surface area contributed by atoms with Crippen molar-refractivity contribution in [3.05, 3.63) is 65.7 Å². The Morgan fingerprint density at radius 1 is 1.00 bits per heavy atom. The monoisotopic (exact) mass is 414 g/mol. The van der Waals surface area contributed by atoms with E-state index in [2.05, 4.69) is 9.62 Å². The summed E-state index contributed by atoms with van der Waals surface area (Å²) < 4.78 is 35.0. The van der Waals surface area contributed by atoms with E-state index in [1.54, 1.807) is 12.1 Å². The quantitative estimate of drug-likeness (QED) is 0.786. The number of morpholine rings is 1. The van der Waals surface area contributed by atoms with Crippen molar-refractivity contribution in [1.29, 1.82) is 0 Å². The Kier molecular flexibility index (Phi) is 6.35. The molecule has 0 unspecified atom stereocenters. The molecule has 2 aromatic carbocycles. The molecule has 1 saturated heterocycles. The SMILES string of the molecule is Cc1ccc(S(=O)(=O)N[C@@H](c2ccccc2)[C@@H]2CCC[C@@H]2N2CCOCC2)cc1. The van der Waals surface area contributed by atoms with Gasteiger partial charge in [0.1, 0.15) is 0 Å². The molecular weight excluding hydrogens is 384 g/mol. The summed E-state index contributed by atoms with van der Waals surface area (Å²) in [5.74, 6) is 0.246. The van der Waals surface area contributed by atoms with Gasteiger partial charge in [0.15, 0.2) is 0 Å². The van der Waals surface area contributed by atoms with E-state index in [1.165, 1.54) is 0 Å². The minimum absolute atomic E-state index is 0.238. The fourth-order valence-corrected chi connectivity index (χ4v) is 6.01. The Bertz CT molecular complexity index is 893. The summed E-state index contributed by atoms with van der Waals surface area (Å²) in [6, 6.07) is 17.2. The lowest BCUT2D eigenvalue weighted by atomic mass is 9.88. The van der Waals surface area contributed by atoms with E-state index in [-0.39, 0.29) is 12.0 Å². The van der Waals surface area contributed by atoms with Crippen molar-refractivity contribution in [2.24, 2.45) is 5.92 Å². The van der Waals surface area contributed by atoms with Gasteiger partial charge in [0.2, 0.25) is 10.0 Å². The second-order valence-electron chi connectivity index (χ2n) is 8.13. The summed E-state index contributed by atoms with van der Waals surface area (Å²) in [6.45, 7) is 5.32. The molecule has 3 atom stereocenters. The van der Waals surface area contributed by atoms with Gasteiger partial charge in [-0.3, -0.25) is 4.90 Å². The molecule has 2 aliphatic rings. The van der Waals surface area contributed by atoms with Crippen LogP contribution in [0, 0.1) is 12.8 Å². The molecule has 2 aromatic rings. The average molecular weight is 415 g/mol. The standard InChI is InChI=1S/C23H30N2O3S/c1-18-10-12-20(13-11-18)29(26,27)24-23(19-6-3-2-4-7-19)21-8-5-9-22(21)25-14-16-28-17-15-25/h2-4,6-7,10-13,21-24H,5,8-9,14-17H2,1H3/t21-,22+,23+/m1/s1. The first-order valence-corrected chi connectivity index (χ1v) is 12.0.